The molecule has 2 rings (SSSR count). The van der Waals surface area contributed by atoms with E-state index < -0.39 is 25.2 Å². The summed E-state index contributed by atoms with van der Waals surface area (Å²) in [6.07, 6.45) is 1.03. The Hall–Kier alpha value is -1.50. The summed E-state index contributed by atoms with van der Waals surface area (Å²) in [6, 6.07) is 19.7. The number of rotatable bonds is 8. The van der Waals surface area contributed by atoms with E-state index in [2.05, 4.69) is 76.2 Å². The Labute approximate surface area is 173 Å². The first-order valence-electron chi connectivity index (χ1n) is 9.89. The van der Waals surface area contributed by atoms with Crippen LogP contribution in [0.5, 0.6) is 0 Å². The topological polar surface area (TPSA) is 42.2 Å². The van der Waals surface area contributed by atoms with Gasteiger partial charge in [0.25, 0.3) is 0 Å². The molecule has 0 aliphatic heterocycles. The summed E-state index contributed by atoms with van der Waals surface area (Å²) in [6.45, 7) is 15.7. The molecular formula is C22H33NO2Si3. The van der Waals surface area contributed by atoms with Crippen LogP contribution in [0, 0.1) is 11.3 Å². The molecular weight excluding hydrogens is 395 g/mol. The van der Waals surface area contributed by atoms with Crippen molar-refractivity contribution < 1.29 is 8.23 Å². The Morgan fingerprint density at radius 3 is 1.71 bits per heavy atom. The van der Waals surface area contributed by atoms with Crippen molar-refractivity contribution in [2.75, 3.05) is 0 Å². The molecule has 0 N–H and O–H groups in total. The van der Waals surface area contributed by atoms with E-state index in [1.807, 2.05) is 24.3 Å². The van der Waals surface area contributed by atoms with E-state index in [-0.39, 0.29) is 0 Å². The lowest BCUT2D eigenvalue weighted by molar-refractivity contribution is 0.391. The molecule has 0 saturated heterocycles. The van der Waals surface area contributed by atoms with Gasteiger partial charge >= 0.3 is 8.56 Å². The average molecular weight is 428 g/mol. The van der Waals surface area contributed by atoms with Gasteiger partial charge < -0.3 is 8.23 Å². The van der Waals surface area contributed by atoms with Crippen molar-refractivity contribution in [3.8, 4) is 17.2 Å². The van der Waals surface area contributed by atoms with Gasteiger partial charge in [0.1, 0.15) is 0 Å². The molecule has 0 spiro atoms. The van der Waals surface area contributed by atoms with Crippen LogP contribution in [-0.2, 0) is 14.7 Å². The largest absolute Gasteiger partial charge is 0.437 e. The second kappa shape index (κ2) is 8.89. The summed E-state index contributed by atoms with van der Waals surface area (Å²) in [7, 11) is -5.44. The molecule has 0 atom stereocenters. The molecule has 0 fully saturated rings. The third-order valence-corrected chi connectivity index (χ3v) is 14.4. The average Bonchev–Trinajstić information content (AvgIpc) is 2.57. The van der Waals surface area contributed by atoms with E-state index >= 15 is 0 Å². The fourth-order valence-electron chi connectivity index (χ4n) is 3.52. The summed E-state index contributed by atoms with van der Waals surface area (Å²) in [5.41, 5.74) is 4.35. The van der Waals surface area contributed by atoms with Gasteiger partial charge in [0.05, 0.1) is 11.6 Å². The fraction of sp³-hybridized carbons (Fsp3) is 0.409. The summed E-state index contributed by atoms with van der Waals surface area (Å²) in [5.74, 6) is 0. The summed E-state index contributed by atoms with van der Waals surface area (Å²) >= 11 is 0. The van der Waals surface area contributed by atoms with E-state index in [1.165, 1.54) is 11.1 Å². The van der Waals surface area contributed by atoms with Crippen molar-refractivity contribution in [3.05, 3.63) is 59.7 Å². The highest BCUT2D eigenvalue weighted by molar-refractivity contribution is 6.87. The van der Waals surface area contributed by atoms with Crippen molar-refractivity contribution in [3.63, 3.8) is 0 Å². The Morgan fingerprint density at radius 1 is 0.750 bits per heavy atom. The minimum absolute atomic E-state index is 0.692. The van der Waals surface area contributed by atoms with Crippen molar-refractivity contribution in [2.24, 2.45) is 0 Å². The fourth-order valence-corrected chi connectivity index (χ4v) is 16.6. The Bertz CT molecular complexity index is 817. The molecule has 0 radical (unpaired) electrons. The van der Waals surface area contributed by atoms with Gasteiger partial charge in [0.2, 0.25) is 0 Å². The molecule has 0 saturated carbocycles. The molecule has 0 amide bonds. The molecule has 6 heteroatoms. The SMILES string of the molecule is C[Si](C)(C)O[Si](C)(C)O[Si](C)(C)CCc1ccc(-c2ccc(C#N)cc2)cc1. The first-order chi connectivity index (χ1) is 12.9. The van der Waals surface area contributed by atoms with Gasteiger partial charge in [-0.15, -0.1) is 0 Å². The van der Waals surface area contributed by atoms with Gasteiger partial charge in [-0.1, -0.05) is 36.4 Å². The second-order valence-electron chi connectivity index (χ2n) is 9.36. The zero-order chi connectivity index (χ0) is 21.0. The number of hydrogen-bond donors (Lipinski definition) is 0. The second-order valence-corrected chi connectivity index (χ2v) is 22.0. The van der Waals surface area contributed by atoms with Crippen LogP contribution in [0.25, 0.3) is 11.1 Å². The lowest BCUT2D eigenvalue weighted by atomic mass is 10.0. The van der Waals surface area contributed by atoms with E-state index in [1.54, 1.807) is 0 Å². The van der Waals surface area contributed by atoms with Crippen LogP contribution in [0.2, 0.25) is 51.9 Å². The number of hydrogen-bond acceptors (Lipinski definition) is 3. The highest BCUT2D eigenvalue weighted by atomic mass is 28.5. The van der Waals surface area contributed by atoms with Gasteiger partial charge in [-0.2, -0.15) is 5.26 Å². The predicted molar refractivity (Wildman–Crippen MR) is 126 cm³/mol. The molecule has 2 aromatic carbocycles. The van der Waals surface area contributed by atoms with Gasteiger partial charge in [-0.3, -0.25) is 0 Å². The maximum absolute atomic E-state index is 8.93. The van der Waals surface area contributed by atoms with Crippen LogP contribution < -0.4 is 0 Å². The van der Waals surface area contributed by atoms with E-state index in [0.717, 1.165) is 18.0 Å². The number of benzene rings is 2. The molecule has 0 bridgehead atoms. The molecule has 0 aromatic heterocycles. The number of nitriles is 1. The van der Waals surface area contributed by atoms with Crippen molar-refractivity contribution in [1.82, 2.24) is 0 Å². The Kier molecular flexibility index (Phi) is 7.23. The smallest absolute Gasteiger partial charge is 0.311 e. The molecule has 0 heterocycles. The molecule has 2 aromatic rings. The van der Waals surface area contributed by atoms with Crippen LogP contribution >= 0.6 is 0 Å². The van der Waals surface area contributed by atoms with Gasteiger partial charge in [-0.25, -0.2) is 0 Å². The van der Waals surface area contributed by atoms with Crippen LogP contribution in [0.15, 0.2) is 48.5 Å². The van der Waals surface area contributed by atoms with Crippen LogP contribution in [0.4, 0.5) is 0 Å². The minimum atomic E-state index is -2.07. The monoisotopic (exact) mass is 427 g/mol. The van der Waals surface area contributed by atoms with E-state index in [9.17, 15) is 0 Å². The van der Waals surface area contributed by atoms with Crippen molar-refractivity contribution in [1.29, 1.82) is 5.26 Å². The van der Waals surface area contributed by atoms with Gasteiger partial charge in [-0.05, 0) is 87.1 Å². The Balaban J connectivity index is 1.97. The Morgan fingerprint density at radius 2 is 1.25 bits per heavy atom. The minimum Gasteiger partial charge on any atom is -0.437 e. The summed E-state index contributed by atoms with van der Waals surface area (Å²) < 4.78 is 13.0. The van der Waals surface area contributed by atoms with Crippen molar-refractivity contribution >= 4 is 25.2 Å². The normalized spacial score (nSPS) is 12.6. The van der Waals surface area contributed by atoms with Crippen LogP contribution in [0.1, 0.15) is 11.1 Å². The molecule has 3 nitrogen and oxygen atoms in total. The first-order valence-corrected chi connectivity index (χ1v) is 19.2. The summed E-state index contributed by atoms with van der Waals surface area (Å²) in [5, 5.41) is 8.93. The number of nitrogens with zero attached hydrogens (tertiary/aromatic N) is 1. The molecule has 0 aliphatic rings. The zero-order valence-corrected chi connectivity index (χ0v) is 21.3. The first kappa shape index (κ1) is 22.8. The van der Waals surface area contributed by atoms with Gasteiger partial charge in [0.15, 0.2) is 16.6 Å². The third-order valence-electron chi connectivity index (χ3n) is 4.39. The standard InChI is InChI=1S/C22H33NO2Si3/c1-26(2,3)24-28(6,7)25-27(4,5)17-16-19-8-12-21(13-9-19)22-14-10-20(18-23)11-15-22/h8-15H,16-17H2,1-7H3. The summed E-state index contributed by atoms with van der Waals surface area (Å²) in [4.78, 5) is 0. The molecule has 28 heavy (non-hydrogen) atoms. The van der Waals surface area contributed by atoms with Crippen molar-refractivity contribution in [2.45, 2.75) is 58.3 Å². The predicted octanol–water partition coefficient (Wildman–Crippen LogP) is 6.54. The zero-order valence-electron chi connectivity index (χ0n) is 18.3. The van der Waals surface area contributed by atoms with Crippen LogP contribution in [0.3, 0.4) is 0 Å². The quantitative estimate of drug-likeness (QED) is 0.449. The van der Waals surface area contributed by atoms with Gasteiger partial charge in [0, 0.05) is 0 Å². The molecule has 0 aliphatic carbocycles. The highest BCUT2D eigenvalue weighted by Gasteiger charge is 2.37. The maximum atomic E-state index is 8.93. The number of aryl methyl sites for hydroxylation is 1. The highest BCUT2D eigenvalue weighted by Crippen LogP contribution is 2.25. The maximum Gasteiger partial charge on any atom is 0.311 e. The van der Waals surface area contributed by atoms with Crippen LogP contribution in [-0.4, -0.2) is 25.2 Å². The molecule has 150 valence electrons. The molecule has 0 unspecified atom stereocenters. The van der Waals surface area contributed by atoms with E-state index in [4.69, 9.17) is 13.5 Å². The third kappa shape index (κ3) is 7.49. The van der Waals surface area contributed by atoms with E-state index in [0.29, 0.717) is 5.56 Å². The lowest BCUT2D eigenvalue weighted by Gasteiger charge is -2.37. The lowest BCUT2D eigenvalue weighted by Crippen LogP contribution is -2.51.